The van der Waals surface area contributed by atoms with Crippen molar-refractivity contribution in [2.45, 2.75) is 53.4 Å². The molecule has 0 amide bonds. The van der Waals surface area contributed by atoms with Gasteiger partial charge in [0.25, 0.3) is 0 Å². The number of aryl methyl sites for hydroxylation is 2. The maximum atomic E-state index is 12.8. The lowest BCUT2D eigenvalue weighted by Crippen LogP contribution is -2.09. The number of hydrogen-bond acceptors (Lipinski definition) is 9. The first-order chi connectivity index (χ1) is 23.2. The van der Waals surface area contributed by atoms with Crippen molar-refractivity contribution in [3.8, 4) is 45.9 Å². The van der Waals surface area contributed by atoms with Crippen molar-refractivity contribution in [2.75, 3.05) is 13.2 Å². The molecule has 1 heterocycles. The Morgan fingerprint density at radius 2 is 1.15 bits per heavy atom. The minimum atomic E-state index is -0.539. The van der Waals surface area contributed by atoms with Crippen molar-refractivity contribution in [3.05, 3.63) is 106 Å². The van der Waals surface area contributed by atoms with Crippen LogP contribution in [0, 0.1) is 13.8 Å². The van der Waals surface area contributed by atoms with Gasteiger partial charge in [0.1, 0.15) is 23.0 Å². The summed E-state index contributed by atoms with van der Waals surface area (Å²) in [5, 5.41) is 8.50. The van der Waals surface area contributed by atoms with E-state index in [4.69, 9.17) is 35.0 Å². The van der Waals surface area contributed by atoms with Crippen LogP contribution in [-0.4, -0.2) is 35.3 Å². The first-order valence-electron chi connectivity index (χ1n) is 15.9. The van der Waals surface area contributed by atoms with Crippen LogP contribution in [0.2, 0.25) is 5.02 Å². The highest BCUT2D eigenvalue weighted by Gasteiger charge is 2.17. The summed E-state index contributed by atoms with van der Waals surface area (Å²) < 4.78 is 28.6. The fraction of sp³-hybridized carbons (Fsp3) is 0.263. The standard InChI is InChI=1S/C38H37ClN2O7/c1-5-7-19-44-32-16-12-28(21-24(32)3)37(42)46-30-14-9-26(10-15-30)35-40-41-36(48-35)27-11-18-34(31(39)23-27)47-38(43)29-13-17-33(25(4)22-29)45-20-8-6-2/h9-18,21-23H,5-8,19-20H2,1-4H3. The minimum absolute atomic E-state index is 0.197. The smallest absolute Gasteiger partial charge is 0.343 e. The molecule has 0 atom stereocenters. The van der Waals surface area contributed by atoms with Crippen molar-refractivity contribution in [2.24, 2.45) is 0 Å². The second-order valence-electron chi connectivity index (χ2n) is 11.2. The number of rotatable bonds is 14. The number of halogens is 1. The fourth-order valence-corrected chi connectivity index (χ4v) is 4.91. The monoisotopic (exact) mass is 668 g/mol. The molecule has 0 saturated carbocycles. The Hall–Kier alpha value is -5.15. The molecule has 5 aromatic rings. The van der Waals surface area contributed by atoms with Gasteiger partial charge in [0.05, 0.1) is 29.4 Å². The first kappa shape index (κ1) is 34.2. The Kier molecular flexibility index (Phi) is 11.5. The zero-order valence-corrected chi connectivity index (χ0v) is 28.1. The maximum Gasteiger partial charge on any atom is 0.343 e. The third-order valence-electron chi connectivity index (χ3n) is 7.45. The topological polar surface area (TPSA) is 110 Å². The number of ether oxygens (including phenoxy) is 4. The molecule has 0 aliphatic carbocycles. The highest BCUT2D eigenvalue weighted by atomic mass is 35.5. The molecule has 48 heavy (non-hydrogen) atoms. The van der Waals surface area contributed by atoms with Gasteiger partial charge in [-0.05, 0) is 117 Å². The van der Waals surface area contributed by atoms with E-state index in [2.05, 4.69) is 24.0 Å². The quantitative estimate of drug-likeness (QED) is 0.0649. The van der Waals surface area contributed by atoms with E-state index in [9.17, 15) is 9.59 Å². The Morgan fingerprint density at radius 1 is 0.646 bits per heavy atom. The van der Waals surface area contributed by atoms with Gasteiger partial charge in [0.15, 0.2) is 0 Å². The molecule has 0 saturated heterocycles. The SMILES string of the molecule is CCCCOc1ccc(C(=O)Oc2ccc(-c3nnc(-c4ccc(OC(=O)c5ccc(OCCCC)c(C)c5)c(Cl)c4)o3)cc2)cc1C. The fourth-order valence-electron chi connectivity index (χ4n) is 4.69. The van der Waals surface area contributed by atoms with E-state index in [0.29, 0.717) is 41.2 Å². The third kappa shape index (κ3) is 8.60. The lowest BCUT2D eigenvalue weighted by Gasteiger charge is -2.11. The Morgan fingerprint density at radius 3 is 1.67 bits per heavy atom. The molecule has 0 fully saturated rings. The maximum absolute atomic E-state index is 12.8. The number of carbonyl (C=O) groups is 2. The van der Waals surface area contributed by atoms with Crippen molar-refractivity contribution in [1.29, 1.82) is 0 Å². The van der Waals surface area contributed by atoms with Crippen LogP contribution in [0.25, 0.3) is 22.9 Å². The molecule has 0 unspecified atom stereocenters. The zero-order chi connectivity index (χ0) is 34.0. The number of benzene rings is 4. The van der Waals surface area contributed by atoms with Gasteiger partial charge < -0.3 is 23.4 Å². The predicted molar refractivity (Wildman–Crippen MR) is 183 cm³/mol. The van der Waals surface area contributed by atoms with Crippen molar-refractivity contribution >= 4 is 23.5 Å². The highest BCUT2D eigenvalue weighted by Crippen LogP contribution is 2.32. The number of nitrogens with zero attached hydrogens (tertiary/aromatic N) is 2. The lowest BCUT2D eigenvalue weighted by molar-refractivity contribution is 0.0725. The summed E-state index contributed by atoms with van der Waals surface area (Å²) in [6, 6.07) is 22.0. The Bertz CT molecular complexity index is 1880. The lowest BCUT2D eigenvalue weighted by atomic mass is 10.1. The molecule has 248 valence electrons. The summed E-state index contributed by atoms with van der Waals surface area (Å²) in [6.45, 7) is 9.25. The van der Waals surface area contributed by atoms with E-state index in [1.54, 1.807) is 78.9 Å². The van der Waals surface area contributed by atoms with Crippen LogP contribution in [0.1, 0.15) is 71.4 Å². The van der Waals surface area contributed by atoms with Gasteiger partial charge in [0, 0.05) is 11.1 Å². The van der Waals surface area contributed by atoms with Gasteiger partial charge in [-0.25, -0.2) is 9.59 Å². The predicted octanol–water partition coefficient (Wildman–Crippen LogP) is 9.47. The van der Waals surface area contributed by atoms with Gasteiger partial charge in [-0.1, -0.05) is 38.3 Å². The van der Waals surface area contributed by atoms with E-state index < -0.39 is 11.9 Å². The molecule has 5 rings (SSSR count). The molecular formula is C38H37ClN2O7. The van der Waals surface area contributed by atoms with Gasteiger partial charge >= 0.3 is 11.9 Å². The molecule has 0 N–H and O–H groups in total. The number of carbonyl (C=O) groups excluding carboxylic acids is 2. The molecule has 10 heteroatoms. The Balaban J connectivity index is 1.19. The van der Waals surface area contributed by atoms with Gasteiger partial charge in [0.2, 0.25) is 11.8 Å². The highest BCUT2D eigenvalue weighted by molar-refractivity contribution is 6.32. The number of aromatic nitrogens is 2. The van der Waals surface area contributed by atoms with Gasteiger partial charge in [-0.2, -0.15) is 0 Å². The average molecular weight is 669 g/mol. The van der Waals surface area contributed by atoms with Crippen molar-refractivity contribution < 1.29 is 33.0 Å². The van der Waals surface area contributed by atoms with Crippen LogP contribution in [0.15, 0.2) is 83.3 Å². The molecule has 0 bridgehead atoms. The van der Waals surface area contributed by atoms with Gasteiger partial charge in [-0.15, -0.1) is 10.2 Å². The number of hydrogen-bond donors (Lipinski definition) is 0. The molecule has 0 aliphatic rings. The second kappa shape index (κ2) is 16.1. The first-order valence-corrected chi connectivity index (χ1v) is 16.3. The van der Waals surface area contributed by atoms with Crippen LogP contribution in [0.4, 0.5) is 0 Å². The molecule has 1 aromatic heterocycles. The molecule has 9 nitrogen and oxygen atoms in total. The van der Waals surface area contributed by atoms with Crippen LogP contribution in [-0.2, 0) is 0 Å². The molecule has 0 spiro atoms. The molecule has 4 aromatic carbocycles. The van der Waals surface area contributed by atoms with Crippen LogP contribution in [0.3, 0.4) is 0 Å². The average Bonchev–Trinajstić information content (AvgIpc) is 3.58. The van der Waals surface area contributed by atoms with E-state index in [1.807, 2.05) is 13.8 Å². The second-order valence-corrected chi connectivity index (χ2v) is 11.6. The van der Waals surface area contributed by atoms with Crippen LogP contribution >= 0.6 is 11.6 Å². The number of unbranched alkanes of at least 4 members (excludes halogenated alkanes) is 2. The summed E-state index contributed by atoms with van der Waals surface area (Å²) in [6.07, 6.45) is 4.01. The molecule has 0 radical (unpaired) electrons. The van der Waals surface area contributed by atoms with E-state index >= 15 is 0 Å². The third-order valence-corrected chi connectivity index (χ3v) is 7.75. The Labute approximate surface area is 284 Å². The number of esters is 2. The van der Waals surface area contributed by atoms with E-state index in [0.717, 1.165) is 48.3 Å². The van der Waals surface area contributed by atoms with Crippen molar-refractivity contribution in [1.82, 2.24) is 10.2 Å². The normalized spacial score (nSPS) is 10.9. The van der Waals surface area contributed by atoms with Crippen molar-refractivity contribution in [3.63, 3.8) is 0 Å². The summed E-state index contributed by atoms with van der Waals surface area (Å²) in [7, 11) is 0. The largest absolute Gasteiger partial charge is 0.493 e. The zero-order valence-electron chi connectivity index (χ0n) is 27.4. The minimum Gasteiger partial charge on any atom is -0.493 e. The summed E-state index contributed by atoms with van der Waals surface area (Å²) in [4.78, 5) is 25.6. The van der Waals surface area contributed by atoms with Crippen LogP contribution in [0.5, 0.6) is 23.0 Å². The van der Waals surface area contributed by atoms with Gasteiger partial charge in [-0.3, -0.25) is 0 Å². The summed E-state index contributed by atoms with van der Waals surface area (Å²) in [5.74, 6) is 1.54. The summed E-state index contributed by atoms with van der Waals surface area (Å²) in [5.41, 5.74) is 3.70. The molecular weight excluding hydrogens is 632 g/mol. The molecule has 0 aliphatic heterocycles. The van der Waals surface area contributed by atoms with E-state index in [1.165, 1.54) is 0 Å². The van der Waals surface area contributed by atoms with Crippen LogP contribution < -0.4 is 18.9 Å². The summed E-state index contributed by atoms with van der Waals surface area (Å²) >= 11 is 6.47. The van der Waals surface area contributed by atoms with E-state index in [-0.39, 0.29) is 22.6 Å².